The van der Waals surface area contributed by atoms with Crippen molar-refractivity contribution in [1.29, 1.82) is 0 Å². The minimum absolute atomic E-state index is 0.0160. The highest BCUT2D eigenvalue weighted by atomic mass is 32.2. The molecule has 17 heteroatoms. The molecule has 1 heterocycles. The van der Waals surface area contributed by atoms with Gasteiger partial charge in [0, 0.05) is 13.0 Å². The summed E-state index contributed by atoms with van der Waals surface area (Å²) in [6, 6.07) is -0.849. The third-order valence-electron chi connectivity index (χ3n) is 4.98. The SMILES string of the molecule is CC(C)(N)C(=O)CN[C@@H](CCCCNC(=O)CCCS(=O)(=O)NC(=O)Cc1nn[nH]n1)C(=O)CC(=O)O. The van der Waals surface area contributed by atoms with Crippen LogP contribution in [0, 0.1) is 0 Å². The van der Waals surface area contributed by atoms with E-state index in [1.54, 1.807) is 0 Å². The Bertz CT molecular complexity index is 1040. The Morgan fingerprint density at radius 2 is 1.81 bits per heavy atom. The molecule has 0 aliphatic rings. The highest BCUT2D eigenvalue weighted by Crippen LogP contribution is 2.06. The number of carboxylic acid groups (broad SMARTS) is 1. The number of sulfonamides is 1. The number of Topliss-reactive ketones (excluding diaryl/α,β-unsaturated/α-hetero) is 2. The molecule has 0 fully saturated rings. The Labute approximate surface area is 213 Å². The fourth-order valence-corrected chi connectivity index (χ4v) is 4.01. The van der Waals surface area contributed by atoms with Gasteiger partial charge in [0.25, 0.3) is 0 Å². The first-order valence-electron chi connectivity index (χ1n) is 11.5. The van der Waals surface area contributed by atoms with Crippen LogP contribution >= 0.6 is 0 Å². The van der Waals surface area contributed by atoms with E-state index in [9.17, 15) is 32.4 Å². The smallest absolute Gasteiger partial charge is 0.310 e. The van der Waals surface area contributed by atoms with Crippen LogP contribution in [0.5, 0.6) is 0 Å². The van der Waals surface area contributed by atoms with Crippen molar-refractivity contribution < 1.29 is 37.5 Å². The van der Waals surface area contributed by atoms with Gasteiger partial charge in [0.05, 0.1) is 30.3 Å². The number of ketones is 2. The lowest BCUT2D eigenvalue weighted by Crippen LogP contribution is -2.49. The van der Waals surface area contributed by atoms with Crippen LogP contribution in [-0.4, -0.2) is 93.9 Å². The fourth-order valence-electron chi connectivity index (χ4n) is 2.97. The van der Waals surface area contributed by atoms with Crippen molar-refractivity contribution in [3.8, 4) is 0 Å². The topological polar surface area (TPSA) is 256 Å². The molecule has 1 aromatic rings. The molecule has 1 aromatic heterocycles. The molecule has 1 atom stereocenters. The van der Waals surface area contributed by atoms with Crippen molar-refractivity contribution in [3.05, 3.63) is 5.82 Å². The Hall–Kier alpha value is -3.31. The lowest BCUT2D eigenvalue weighted by Gasteiger charge is -2.21. The third kappa shape index (κ3) is 14.1. The van der Waals surface area contributed by atoms with Crippen LogP contribution in [0.3, 0.4) is 0 Å². The number of aromatic amines is 1. The number of unbranched alkanes of at least 4 members (excludes halogenated alkanes) is 1. The van der Waals surface area contributed by atoms with E-state index >= 15 is 0 Å². The summed E-state index contributed by atoms with van der Waals surface area (Å²) in [5.74, 6) is -3.78. The number of hydrogen-bond donors (Lipinski definition) is 6. The number of rotatable bonds is 19. The number of carbonyl (C=O) groups excluding carboxylic acids is 4. The normalized spacial score (nSPS) is 12.5. The Balaban J connectivity index is 2.32. The first-order chi connectivity index (χ1) is 17.2. The molecule has 0 spiro atoms. The average Bonchev–Trinajstić information content (AvgIpc) is 3.26. The quantitative estimate of drug-likeness (QED) is 0.0779. The predicted molar refractivity (Wildman–Crippen MR) is 128 cm³/mol. The summed E-state index contributed by atoms with van der Waals surface area (Å²) in [5.41, 5.74) is 4.63. The van der Waals surface area contributed by atoms with Gasteiger partial charge in [0.1, 0.15) is 6.42 Å². The van der Waals surface area contributed by atoms with Crippen molar-refractivity contribution in [1.82, 2.24) is 36.0 Å². The van der Waals surface area contributed by atoms with Crippen molar-refractivity contribution in [2.75, 3.05) is 18.8 Å². The molecule has 37 heavy (non-hydrogen) atoms. The van der Waals surface area contributed by atoms with E-state index in [1.807, 2.05) is 4.72 Å². The summed E-state index contributed by atoms with van der Waals surface area (Å²) in [6.07, 6.45) is 0.0123. The molecule has 2 amide bonds. The molecule has 7 N–H and O–H groups in total. The van der Waals surface area contributed by atoms with Crippen LogP contribution in [0.1, 0.15) is 58.2 Å². The number of nitrogens with two attached hydrogens (primary N) is 1. The van der Waals surface area contributed by atoms with Gasteiger partial charge in [-0.2, -0.15) is 5.21 Å². The molecule has 0 saturated carbocycles. The number of carboxylic acids is 1. The molecule has 0 unspecified atom stereocenters. The highest BCUT2D eigenvalue weighted by molar-refractivity contribution is 7.90. The number of amides is 2. The summed E-state index contributed by atoms with van der Waals surface area (Å²) in [6.45, 7) is 3.12. The molecule has 0 radical (unpaired) electrons. The van der Waals surface area contributed by atoms with Gasteiger partial charge in [0.2, 0.25) is 21.8 Å². The predicted octanol–water partition coefficient (Wildman–Crippen LogP) is -2.44. The first-order valence-corrected chi connectivity index (χ1v) is 13.2. The third-order valence-corrected chi connectivity index (χ3v) is 6.34. The number of nitrogens with one attached hydrogen (secondary N) is 4. The number of nitrogens with zero attached hydrogens (tertiary/aromatic N) is 3. The summed E-state index contributed by atoms with van der Waals surface area (Å²) >= 11 is 0. The summed E-state index contributed by atoms with van der Waals surface area (Å²) in [5, 5.41) is 26.8. The maximum absolute atomic E-state index is 12.2. The summed E-state index contributed by atoms with van der Waals surface area (Å²) in [4.78, 5) is 58.7. The van der Waals surface area contributed by atoms with E-state index in [0.717, 1.165) is 0 Å². The van der Waals surface area contributed by atoms with Gasteiger partial charge >= 0.3 is 5.97 Å². The van der Waals surface area contributed by atoms with Gasteiger partial charge in [-0.3, -0.25) is 28.7 Å². The number of carbonyl (C=O) groups is 5. The second-order valence-electron chi connectivity index (χ2n) is 8.91. The first kappa shape index (κ1) is 31.7. The lowest BCUT2D eigenvalue weighted by atomic mass is 9.99. The highest BCUT2D eigenvalue weighted by Gasteiger charge is 2.25. The van der Waals surface area contributed by atoms with Crippen LogP contribution in [0.25, 0.3) is 0 Å². The second kappa shape index (κ2) is 15.1. The van der Waals surface area contributed by atoms with Gasteiger partial charge in [0.15, 0.2) is 17.4 Å². The van der Waals surface area contributed by atoms with Crippen LogP contribution in [0.15, 0.2) is 0 Å². The van der Waals surface area contributed by atoms with E-state index in [-0.39, 0.29) is 56.3 Å². The van der Waals surface area contributed by atoms with Gasteiger partial charge in [-0.25, -0.2) is 8.42 Å². The maximum atomic E-state index is 12.2. The molecular formula is C20H34N8O8S. The van der Waals surface area contributed by atoms with Crippen LogP contribution in [0.2, 0.25) is 0 Å². The van der Waals surface area contributed by atoms with E-state index in [2.05, 4.69) is 31.3 Å². The molecule has 16 nitrogen and oxygen atoms in total. The molecular weight excluding hydrogens is 512 g/mol. The average molecular weight is 547 g/mol. The Morgan fingerprint density at radius 1 is 1.11 bits per heavy atom. The van der Waals surface area contributed by atoms with E-state index in [0.29, 0.717) is 12.8 Å². The fraction of sp³-hybridized carbons (Fsp3) is 0.700. The zero-order chi connectivity index (χ0) is 28.1. The zero-order valence-electron chi connectivity index (χ0n) is 20.8. The van der Waals surface area contributed by atoms with Gasteiger partial charge in [-0.1, -0.05) is 5.21 Å². The van der Waals surface area contributed by atoms with Crippen LogP contribution in [0.4, 0.5) is 0 Å². The monoisotopic (exact) mass is 546 g/mol. The molecule has 0 aliphatic carbocycles. The molecule has 1 rings (SSSR count). The van der Waals surface area contributed by atoms with Crippen molar-refractivity contribution in [2.45, 2.75) is 70.4 Å². The minimum atomic E-state index is -3.93. The number of H-pyrrole nitrogens is 1. The van der Waals surface area contributed by atoms with E-state index in [4.69, 9.17) is 10.8 Å². The summed E-state index contributed by atoms with van der Waals surface area (Å²) in [7, 11) is -3.93. The minimum Gasteiger partial charge on any atom is -0.481 e. The lowest BCUT2D eigenvalue weighted by molar-refractivity contribution is -0.140. The molecule has 0 saturated heterocycles. The zero-order valence-corrected chi connectivity index (χ0v) is 21.6. The second-order valence-corrected chi connectivity index (χ2v) is 10.8. The molecule has 0 aromatic carbocycles. The number of aromatic nitrogens is 4. The number of aliphatic carboxylic acids is 1. The van der Waals surface area contributed by atoms with Crippen molar-refractivity contribution >= 4 is 39.4 Å². The largest absolute Gasteiger partial charge is 0.481 e. The van der Waals surface area contributed by atoms with Crippen molar-refractivity contribution in [3.63, 3.8) is 0 Å². The molecule has 0 bridgehead atoms. The van der Waals surface area contributed by atoms with Crippen molar-refractivity contribution in [2.24, 2.45) is 5.73 Å². The van der Waals surface area contributed by atoms with E-state index in [1.165, 1.54) is 13.8 Å². The summed E-state index contributed by atoms with van der Waals surface area (Å²) < 4.78 is 25.8. The van der Waals surface area contributed by atoms with Gasteiger partial charge in [-0.05, 0) is 39.5 Å². The van der Waals surface area contributed by atoms with Crippen LogP contribution < -0.4 is 21.1 Å². The number of hydrogen-bond acceptors (Lipinski definition) is 12. The Kier molecular flexibility index (Phi) is 12.9. The van der Waals surface area contributed by atoms with Gasteiger partial charge < -0.3 is 21.5 Å². The van der Waals surface area contributed by atoms with E-state index < -0.39 is 51.4 Å². The van der Waals surface area contributed by atoms with Gasteiger partial charge in [-0.15, -0.1) is 10.2 Å². The number of tetrazole rings is 1. The molecule has 208 valence electrons. The molecule has 0 aliphatic heterocycles. The Morgan fingerprint density at radius 3 is 2.41 bits per heavy atom. The van der Waals surface area contributed by atoms with Crippen LogP contribution in [-0.2, 0) is 40.4 Å². The standard InChI is InChI=1S/C20H34N8O8S/c1-20(2,21)15(30)12-23-13(14(29)10-19(33)34)6-3-4-8-22-17(31)7-5-9-37(35,36)26-18(32)11-16-24-27-28-25-16/h13,23H,3-12,21H2,1-2H3,(H,22,31)(H,26,32)(H,33,34)(H,24,25,27,28)/t13-/m0/s1. The maximum Gasteiger partial charge on any atom is 0.310 e.